The molecule has 2 rings (SSSR count). The summed E-state index contributed by atoms with van der Waals surface area (Å²) in [6, 6.07) is 1.37. The van der Waals surface area contributed by atoms with Crippen LogP contribution in [0.2, 0.25) is 0 Å². The van der Waals surface area contributed by atoms with Crippen LogP contribution in [-0.2, 0) is 6.54 Å². The van der Waals surface area contributed by atoms with Gasteiger partial charge in [-0.3, -0.25) is 9.67 Å². The van der Waals surface area contributed by atoms with Gasteiger partial charge >= 0.3 is 0 Å². The number of aromatic nitrogens is 3. The molecule has 2 heterocycles. The largest absolute Gasteiger partial charge is 0.305 e. The smallest absolute Gasteiger partial charge is 0.141 e. The monoisotopic (exact) mass is 326 g/mol. The summed E-state index contributed by atoms with van der Waals surface area (Å²) >= 11 is 3.51. The van der Waals surface area contributed by atoms with Gasteiger partial charge in [-0.1, -0.05) is 6.92 Å². The maximum Gasteiger partial charge on any atom is 0.141 e. The molecule has 102 valence electrons. The van der Waals surface area contributed by atoms with Crippen LogP contribution in [0.15, 0.2) is 29.1 Å². The van der Waals surface area contributed by atoms with E-state index >= 15 is 0 Å². The summed E-state index contributed by atoms with van der Waals surface area (Å²) < 4.78 is 16.2. The van der Waals surface area contributed by atoms with E-state index in [0.29, 0.717) is 0 Å². The predicted molar refractivity (Wildman–Crippen MR) is 75.3 cm³/mol. The van der Waals surface area contributed by atoms with Gasteiger partial charge < -0.3 is 5.32 Å². The molecule has 1 atom stereocenters. The molecule has 0 fully saturated rings. The molecule has 0 saturated heterocycles. The Morgan fingerprint density at radius 2 is 2.16 bits per heavy atom. The lowest BCUT2D eigenvalue weighted by molar-refractivity contribution is 0.535. The second kappa shape index (κ2) is 6.25. The number of aryl methyl sites for hydroxylation is 1. The molecule has 0 bridgehead atoms. The summed E-state index contributed by atoms with van der Waals surface area (Å²) in [5.41, 5.74) is 1.77. The highest BCUT2D eigenvalue weighted by atomic mass is 79.9. The first-order valence-electron chi connectivity index (χ1n) is 6.22. The molecule has 19 heavy (non-hydrogen) atoms. The Labute approximate surface area is 120 Å². The molecule has 0 aliphatic rings. The predicted octanol–water partition coefficient (Wildman–Crippen LogP) is 2.90. The van der Waals surface area contributed by atoms with Crippen LogP contribution in [0.5, 0.6) is 0 Å². The average molecular weight is 327 g/mol. The van der Waals surface area contributed by atoms with Crippen molar-refractivity contribution >= 4 is 15.9 Å². The van der Waals surface area contributed by atoms with Crippen LogP contribution in [0.1, 0.15) is 31.1 Å². The van der Waals surface area contributed by atoms with Crippen LogP contribution in [0.4, 0.5) is 4.39 Å². The molecule has 6 heteroatoms. The van der Waals surface area contributed by atoms with Gasteiger partial charge in [0.1, 0.15) is 5.82 Å². The number of hydrogen-bond acceptors (Lipinski definition) is 3. The molecular weight excluding hydrogens is 311 g/mol. The van der Waals surface area contributed by atoms with Gasteiger partial charge in [0, 0.05) is 12.7 Å². The number of hydrogen-bond donors (Lipinski definition) is 1. The normalized spacial score (nSPS) is 12.6. The summed E-state index contributed by atoms with van der Waals surface area (Å²) in [6.07, 6.45) is 4.64. The summed E-state index contributed by atoms with van der Waals surface area (Å²) in [7, 11) is 0. The van der Waals surface area contributed by atoms with E-state index in [2.05, 4.69) is 31.3 Å². The van der Waals surface area contributed by atoms with E-state index in [1.807, 2.05) is 18.5 Å². The Balaban J connectivity index is 2.48. The molecule has 0 aliphatic carbocycles. The van der Waals surface area contributed by atoms with E-state index in [0.717, 1.165) is 28.8 Å². The third-order valence-electron chi connectivity index (χ3n) is 2.87. The maximum absolute atomic E-state index is 13.4. The van der Waals surface area contributed by atoms with Crippen molar-refractivity contribution in [3.63, 3.8) is 0 Å². The molecule has 4 nitrogen and oxygen atoms in total. The van der Waals surface area contributed by atoms with Gasteiger partial charge in [0.05, 0.1) is 28.6 Å². The molecule has 2 aromatic rings. The summed E-state index contributed by atoms with van der Waals surface area (Å²) in [5.74, 6) is -0.334. The van der Waals surface area contributed by atoms with Crippen LogP contribution < -0.4 is 5.32 Å². The topological polar surface area (TPSA) is 42.7 Å². The van der Waals surface area contributed by atoms with Crippen molar-refractivity contribution < 1.29 is 4.39 Å². The van der Waals surface area contributed by atoms with E-state index in [-0.39, 0.29) is 11.9 Å². The number of nitrogens with one attached hydrogen (secondary N) is 1. The van der Waals surface area contributed by atoms with Gasteiger partial charge in [0.25, 0.3) is 0 Å². The molecule has 0 aliphatic heterocycles. The van der Waals surface area contributed by atoms with Crippen LogP contribution in [0.25, 0.3) is 0 Å². The molecule has 1 N–H and O–H groups in total. The third-order valence-corrected chi connectivity index (χ3v) is 3.48. The summed E-state index contributed by atoms with van der Waals surface area (Å²) in [4.78, 5) is 3.92. The molecule has 0 spiro atoms. The highest BCUT2D eigenvalue weighted by Crippen LogP contribution is 2.28. The Kier molecular flexibility index (Phi) is 4.66. The highest BCUT2D eigenvalue weighted by Gasteiger charge is 2.21. The number of halogens is 2. The van der Waals surface area contributed by atoms with Crippen LogP contribution >= 0.6 is 15.9 Å². The highest BCUT2D eigenvalue weighted by molar-refractivity contribution is 9.10. The van der Waals surface area contributed by atoms with E-state index in [4.69, 9.17) is 0 Å². The Morgan fingerprint density at radius 1 is 1.37 bits per heavy atom. The number of pyridine rings is 1. The maximum atomic E-state index is 13.4. The van der Waals surface area contributed by atoms with Gasteiger partial charge in [-0.15, -0.1) is 0 Å². The van der Waals surface area contributed by atoms with E-state index in [1.54, 1.807) is 12.4 Å². The van der Waals surface area contributed by atoms with Crippen molar-refractivity contribution in [1.29, 1.82) is 0 Å². The lowest BCUT2D eigenvalue weighted by Crippen LogP contribution is -2.25. The fraction of sp³-hybridized carbons (Fsp3) is 0.385. The van der Waals surface area contributed by atoms with Crippen LogP contribution in [0, 0.1) is 5.82 Å². The van der Waals surface area contributed by atoms with Crippen molar-refractivity contribution in [3.05, 3.63) is 46.2 Å². The van der Waals surface area contributed by atoms with Crippen LogP contribution in [0.3, 0.4) is 0 Å². The molecule has 0 radical (unpaired) electrons. The Hall–Kier alpha value is -1.27. The van der Waals surface area contributed by atoms with Crippen molar-refractivity contribution in [2.45, 2.75) is 26.4 Å². The van der Waals surface area contributed by atoms with Gasteiger partial charge in [0.15, 0.2) is 0 Å². The van der Waals surface area contributed by atoms with Gasteiger partial charge in [-0.05, 0) is 41.0 Å². The first-order chi connectivity index (χ1) is 9.17. The van der Waals surface area contributed by atoms with Crippen molar-refractivity contribution in [1.82, 2.24) is 20.1 Å². The summed E-state index contributed by atoms with van der Waals surface area (Å²) in [6.45, 7) is 5.56. The van der Waals surface area contributed by atoms with E-state index in [9.17, 15) is 4.39 Å². The first-order valence-corrected chi connectivity index (χ1v) is 7.01. The lowest BCUT2D eigenvalue weighted by Gasteiger charge is -2.20. The first kappa shape index (κ1) is 14.1. The van der Waals surface area contributed by atoms with E-state index < -0.39 is 0 Å². The van der Waals surface area contributed by atoms with Crippen molar-refractivity contribution in [2.75, 3.05) is 6.54 Å². The SMILES string of the molecule is CCNC(c1cncc(F)c1)c1c(Br)cnn1CC. The fourth-order valence-corrected chi connectivity index (χ4v) is 2.60. The molecule has 0 amide bonds. The quantitative estimate of drug-likeness (QED) is 0.918. The molecule has 0 aromatic carbocycles. The standard InChI is InChI=1S/C13H16BrFN4/c1-3-17-12(9-5-10(15)7-16-6-9)13-11(14)8-18-19(13)4-2/h5-8,12,17H,3-4H2,1-2H3. The minimum atomic E-state index is -0.334. The van der Waals surface area contributed by atoms with Gasteiger partial charge in [-0.25, -0.2) is 4.39 Å². The second-order valence-corrected chi connectivity index (χ2v) is 4.98. The van der Waals surface area contributed by atoms with Crippen LogP contribution in [-0.4, -0.2) is 21.3 Å². The minimum Gasteiger partial charge on any atom is -0.305 e. The van der Waals surface area contributed by atoms with Crippen molar-refractivity contribution in [3.8, 4) is 0 Å². The van der Waals surface area contributed by atoms with Gasteiger partial charge in [-0.2, -0.15) is 5.10 Å². The zero-order valence-electron chi connectivity index (χ0n) is 10.9. The Morgan fingerprint density at radius 3 is 2.79 bits per heavy atom. The molecule has 1 unspecified atom stereocenters. The molecular formula is C13H16BrFN4. The Bertz CT molecular complexity index is 555. The number of rotatable bonds is 5. The van der Waals surface area contributed by atoms with Gasteiger partial charge in [0.2, 0.25) is 0 Å². The number of nitrogens with zero attached hydrogens (tertiary/aromatic N) is 3. The lowest BCUT2D eigenvalue weighted by atomic mass is 10.1. The average Bonchev–Trinajstić information content (AvgIpc) is 2.77. The molecule has 0 saturated carbocycles. The zero-order chi connectivity index (χ0) is 13.8. The zero-order valence-corrected chi connectivity index (χ0v) is 12.5. The third kappa shape index (κ3) is 3.01. The summed E-state index contributed by atoms with van der Waals surface area (Å²) in [5, 5.41) is 7.65. The second-order valence-electron chi connectivity index (χ2n) is 4.12. The minimum absolute atomic E-state index is 0.134. The molecule has 2 aromatic heterocycles. The fourth-order valence-electron chi connectivity index (χ4n) is 2.07. The van der Waals surface area contributed by atoms with E-state index in [1.165, 1.54) is 12.3 Å². The van der Waals surface area contributed by atoms with Crippen molar-refractivity contribution in [2.24, 2.45) is 0 Å².